The maximum atomic E-state index is 10.7. The summed E-state index contributed by atoms with van der Waals surface area (Å²) in [5, 5.41) is 218. The third-order valence-electron chi connectivity index (χ3n) is 12.7. The molecule has 5 aliphatic heterocycles. The summed E-state index contributed by atoms with van der Waals surface area (Å²) in [5.41, 5.74) is 0. The van der Waals surface area contributed by atoms with Crippen molar-refractivity contribution in [3.05, 3.63) is 0 Å². The Morgan fingerprint density at radius 3 is 1.19 bits per heavy atom. The minimum atomic E-state index is -1.85. The summed E-state index contributed by atoms with van der Waals surface area (Å²) in [6.07, 6.45) is -46.8. The molecular weight excluding hydrogens is 940 g/mol. The summed E-state index contributed by atoms with van der Waals surface area (Å²) in [6, 6.07) is 0. The van der Waals surface area contributed by atoms with Crippen LogP contribution in [0.2, 0.25) is 0 Å². The summed E-state index contributed by atoms with van der Waals surface area (Å²) < 4.78 is 47.6. The van der Waals surface area contributed by atoms with E-state index in [1.807, 2.05) is 0 Å². The molecule has 400 valence electrons. The normalized spacial score (nSPS) is 52.5. The van der Waals surface area contributed by atoms with Crippen molar-refractivity contribution in [3.8, 4) is 0 Å². The molecule has 0 radical (unpaired) electrons. The van der Waals surface area contributed by atoms with Gasteiger partial charge in [-0.2, -0.15) is 0 Å². The average molecular weight is 1010 g/mol. The van der Waals surface area contributed by atoms with Crippen LogP contribution >= 0.6 is 0 Å². The fraction of sp³-hybridized carbons (Fsp3) is 1.00. The second kappa shape index (κ2) is 25.1. The van der Waals surface area contributed by atoms with Gasteiger partial charge in [0.05, 0.1) is 45.2 Å². The standard InChI is InChI=1S/C19H34O15.C18H32O16/c20-2-5-1-6(10(24)11(25)9(5)23)31-16-8(4-22)33-19(15(29)13(16)27)34-17-7(3-21)32-18(30)14(28)12(17)26;19-1-4-7(20)11(24)14(27)17(33-4)31-3-6-9(22)12(25)15(28)18(34-6)30-2-5-8(21)10(23)13(26)16(29)32-5/h5-30H,1-4H2;4-29H,1-3H2/t5?,6-,7?,8+,9-,10?,11+,12-,13?,14?,15?,16-,17-,18-,19+;4?,5?,6?,7-,8-,9-,10?,11?,12?,13+,14+,15+,16-,17-,18-/m11/s1. The Morgan fingerprint density at radius 2 is 0.676 bits per heavy atom. The van der Waals surface area contributed by atoms with E-state index in [2.05, 4.69) is 0 Å². The van der Waals surface area contributed by atoms with E-state index in [0.29, 0.717) is 0 Å². The van der Waals surface area contributed by atoms with Gasteiger partial charge in [-0.05, 0) is 6.42 Å². The van der Waals surface area contributed by atoms with Crippen molar-refractivity contribution in [1.29, 1.82) is 0 Å². The summed E-state index contributed by atoms with van der Waals surface area (Å²) in [5.74, 6) is -0.844. The fourth-order valence-electron chi connectivity index (χ4n) is 8.37. The smallest absolute Gasteiger partial charge is 0.187 e. The van der Waals surface area contributed by atoms with Crippen LogP contribution in [0.3, 0.4) is 0 Å². The van der Waals surface area contributed by atoms with E-state index >= 15 is 0 Å². The number of hydrogen-bond donors (Lipinski definition) is 22. The molecule has 0 aromatic rings. The lowest BCUT2D eigenvalue weighted by Crippen LogP contribution is -2.66. The molecule has 0 amide bonds. The molecule has 22 N–H and O–H groups in total. The first-order valence-electron chi connectivity index (χ1n) is 21.5. The lowest BCUT2D eigenvalue weighted by Gasteiger charge is -2.48. The van der Waals surface area contributed by atoms with Crippen LogP contribution in [0.1, 0.15) is 6.42 Å². The first-order chi connectivity index (χ1) is 32.0. The van der Waals surface area contributed by atoms with Crippen molar-refractivity contribution < 1.29 is 155 Å². The van der Waals surface area contributed by atoms with Gasteiger partial charge in [-0.3, -0.25) is 0 Å². The zero-order valence-electron chi connectivity index (χ0n) is 35.8. The zero-order valence-corrected chi connectivity index (χ0v) is 35.8. The predicted molar refractivity (Wildman–Crippen MR) is 206 cm³/mol. The molecular formula is C37H66O31. The first-order valence-corrected chi connectivity index (χ1v) is 21.5. The Balaban J connectivity index is 0.000000254. The monoisotopic (exact) mass is 1010 g/mol. The molecule has 0 aromatic heterocycles. The maximum absolute atomic E-state index is 10.7. The molecule has 0 aromatic carbocycles. The van der Waals surface area contributed by atoms with Crippen molar-refractivity contribution in [1.82, 2.24) is 0 Å². The summed E-state index contributed by atoms with van der Waals surface area (Å²) in [7, 11) is 0. The molecule has 0 bridgehead atoms. The molecule has 6 rings (SSSR count). The largest absolute Gasteiger partial charge is 0.396 e. The van der Waals surface area contributed by atoms with Gasteiger partial charge in [0.15, 0.2) is 31.5 Å². The van der Waals surface area contributed by atoms with Gasteiger partial charge >= 0.3 is 0 Å². The number of rotatable bonds is 14. The van der Waals surface area contributed by atoms with Gasteiger partial charge in [0.25, 0.3) is 0 Å². The van der Waals surface area contributed by atoms with Gasteiger partial charge in [-0.15, -0.1) is 0 Å². The van der Waals surface area contributed by atoms with E-state index in [0.717, 1.165) is 0 Å². The van der Waals surface area contributed by atoms with Crippen LogP contribution in [0.5, 0.6) is 0 Å². The van der Waals surface area contributed by atoms with Gasteiger partial charge < -0.3 is 155 Å². The molecule has 12 unspecified atom stereocenters. The van der Waals surface area contributed by atoms with Gasteiger partial charge in [-0.25, -0.2) is 0 Å². The fourth-order valence-corrected chi connectivity index (χ4v) is 8.37. The minimum absolute atomic E-state index is 0.114. The zero-order chi connectivity index (χ0) is 50.6. The van der Waals surface area contributed by atoms with E-state index in [-0.39, 0.29) is 6.42 Å². The van der Waals surface area contributed by atoms with Crippen LogP contribution < -0.4 is 0 Å². The number of aliphatic hydroxyl groups excluding tert-OH is 22. The molecule has 1 saturated carbocycles. The highest BCUT2D eigenvalue weighted by molar-refractivity contribution is 4.99. The SMILES string of the molecule is OCC1C[C@@H](O[C@H]2C(O)C(O)[C@H](O[C@@H]3C(CO)O[C@@H](O)C(O)[C@H]3O)O[C@H]2CO)C(O)[C@@H](O)[C@@H]1O.OCC1O[C@@H](OCC2O[C@@H](OCC3O[C@@H](O)[C@@H](O)C(O)[C@@H]3O)[C@@H](O)C(O)[C@@H]2O)[C@@H](O)C(O)[C@@H]1O. The number of aliphatic hydroxyl groups is 22. The van der Waals surface area contributed by atoms with E-state index in [1.54, 1.807) is 0 Å². The van der Waals surface area contributed by atoms with E-state index in [1.165, 1.54) is 0 Å². The van der Waals surface area contributed by atoms with Crippen LogP contribution in [0.25, 0.3) is 0 Å². The molecule has 30 atom stereocenters. The molecule has 0 spiro atoms. The lowest BCUT2D eigenvalue weighted by molar-refractivity contribution is -0.361. The molecule has 5 saturated heterocycles. The quantitative estimate of drug-likeness (QED) is 0.0768. The third-order valence-corrected chi connectivity index (χ3v) is 12.7. The molecule has 1 aliphatic carbocycles. The van der Waals surface area contributed by atoms with E-state index in [4.69, 9.17) is 42.6 Å². The molecule has 6 fully saturated rings. The second-order valence-corrected chi connectivity index (χ2v) is 17.2. The number of ether oxygens (including phenoxy) is 9. The Bertz CT molecular complexity index is 1480. The summed E-state index contributed by atoms with van der Waals surface area (Å²) in [6.45, 7) is -3.86. The van der Waals surface area contributed by atoms with Gasteiger partial charge in [0, 0.05) is 12.5 Å². The average Bonchev–Trinajstić information content (AvgIpc) is 3.33. The van der Waals surface area contributed by atoms with Crippen molar-refractivity contribution in [3.63, 3.8) is 0 Å². The predicted octanol–water partition coefficient (Wildman–Crippen LogP) is -14.5. The van der Waals surface area contributed by atoms with Crippen LogP contribution in [0.4, 0.5) is 0 Å². The maximum Gasteiger partial charge on any atom is 0.187 e. The Morgan fingerprint density at radius 1 is 0.309 bits per heavy atom. The van der Waals surface area contributed by atoms with Crippen molar-refractivity contribution in [2.45, 2.75) is 184 Å². The summed E-state index contributed by atoms with van der Waals surface area (Å²) >= 11 is 0. The molecule has 6 aliphatic rings. The number of hydrogen-bond acceptors (Lipinski definition) is 31. The Kier molecular flexibility index (Phi) is 21.3. The summed E-state index contributed by atoms with van der Waals surface area (Å²) in [4.78, 5) is 0. The third kappa shape index (κ3) is 12.6. The lowest BCUT2D eigenvalue weighted by atomic mass is 9.81. The van der Waals surface area contributed by atoms with Crippen molar-refractivity contribution in [2.24, 2.45) is 5.92 Å². The molecule has 5 heterocycles. The first kappa shape index (κ1) is 57.7. The van der Waals surface area contributed by atoms with E-state index < -0.39 is 224 Å². The second-order valence-electron chi connectivity index (χ2n) is 17.2. The van der Waals surface area contributed by atoms with Crippen LogP contribution in [-0.4, -0.2) is 330 Å². The van der Waals surface area contributed by atoms with Gasteiger partial charge in [0.1, 0.15) is 134 Å². The van der Waals surface area contributed by atoms with Crippen LogP contribution in [0, 0.1) is 5.92 Å². The highest BCUT2D eigenvalue weighted by atomic mass is 16.7. The van der Waals surface area contributed by atoms with Gasteiger partial charge in [0.2, 0.25) is 0 Å². The van der Waals surface area contributed by atoms with Crippen LogP contribution in [-0.2, 0) is 42.6 Å². The highest BCUT2D eigenvalue weighted by Crippen LogP contribution is 2.34. The Hall–Kier alpha value is -1.24. The van der Waals surface area contributed by atoms with Crippen molar-refractivity contribution in [2.75, 3.05) is 39.6 Å². The van der Waals surface area contributed by atoms with E-state index in [9.17, 15) is 112 Å². The highest BCUT2D eigenvalue weighted by Gasteiger charge is 2.54. The molecule has 31 heteroatoms. The minimum Gasteiger partial charge on any atom is -0.396 e. The molecule has 31 nitrogen and oxygen atoms in total. The molecule has 68 heavy (non-hydrogen) atoms. The topological polar surface area (TPSA) is 528 Å². The Labute approximate surface area is 384 Å². The van der Waals surface area contributed by atoms with Gasteiger partial charge in [-0.1, -0.05) is 0 Å². The van der Waals surface area contributed by atoms with Crippen molar-refractivity contribution >= 4 is 0 Å². The van der Waals surface area contributed by atoms with Crippen LogP contribution in [0.15, 0.2) is 0 Å².